The van der Waals surface area contributed by atoms with E-state index in [2.05, 4.69) is 0 Å². The smallest absolute Gasteiger partial charge is 0.254 e. The first-order valence-electron chi connectivity index (χ1n) is 6.67. The van der Waals surface area contributed by atoms with Gasteiger partial charge >= 0.3 is 0 Å². The summed E-state index contributed by atoms with van der Waals surface area (Å²) < 4.78 is 11.0. The van der Waals surface area contributed by atoms with Crippen LogP contribution in [0.1, 0.15) is 11.1 Å². The molecular formula is C16H17NO4. The third-order valence-corrected chi connectivity index (χ3v) is 2.86. The van der Waals surface area contributed by atoms with Crippen LogP contribution in [0.5, 0.6) is 0 Å². The standard InChI is InChI=1S/C16H17NO4/c18-17(19)11-16(20-12-14-7-3-1-4-8-14)21-13-15-9-5-2-6-10-15/h1-10,16H,11-13H2. The van der Waals surface area contributed by atoms with E-state index in [0.717, 1.165) is 11.1 Å². The highest BCUT2D eigenvalue weighted by Gasteiger charge is 2.16. The SMILES string of the molecule is O=[N+]([O-])CC(OCc1ccccc1)OCc1ccccc1. The average molecular weight is 287 g/mol. The van der Waals surface area contributed by atoms with Gasteiger partial charge in [-0.1, -0.05) is 60.7 Å². The third kappa shape index (κ3) is 5.72. The molecule has 0 aliphatic heterocycles. The Labute approximate surface area is 123 Å². The lowest BCUT2D eigenvalue weighted by Gasteiger charge is -2.15. The largest absolute Gasteiger partial charge is 0.342 e. The first kappa shape index (κ1) is 15.2. The Hall–Kier alpha value is -2.24. The average Bonchev–Trinajstić information content (AvgIpc) is 2.51. The van der Waals surface area contributed by atoms with E-state index in [1.807, 2.05) is 60.7 Å². The van der Waals surface area contributed by atoms with Gasteiger partial charge in [-0.2, -0.15) is 0 Å². The van der Waals surface area contributed by atoms with Crippen LogP contribution in [-0.2, 0) is 22.7 Å². The summed E-state index contributed by atoms with van der Waals surface area (Å²) in [6, 6.07) is 19.0. The fraction of sp³-hybridized carbons (Fsp3) is 0.250. The predicted molar refractivity (Wildman–Crippen MR) is 78.1 cm³/mol. The van der Waals surface area contributed by atoms with Crippen molar-refractivity contribution < 1.29 is 14.4 Å². The van der Waals surface area contributed by atoms with Gasteiger partial charge in [0.25, 0.3) is 6.54 Å². The second-order valence-corrected chi connectivity index (χ2v) is 4.54. The van der Waals surface area contributed by atoms with Crippen LogP contribution in [-0.4, -0.2) is 17.8 Å². The molecule has 0 aliphatic rings. The lowest BCUT2D eigenvalue weighted by atomic mass is 10.2. The molecule has 2 aromatic carbocycles. The highest BCUT2D eigenvalue weighted by atomic mass is 16.7. The first-order valence-corrected chi connectivity index (χ1v) is 6.67. The number of nitro groups is 1. The molecule has 0 saturated heterocycles. The Morgan fingerprint density at radius 3 is 1.67 bits per heavy atom. The molecule has 0 amide bonds. The van der Waals surface area contributed by atoms with Crippen molar-refractivity contribution in [3.05, 3.63) is 81.9 Å². The number of ether oxygens (including phenoxy) is 2. The Morgan fingerprint density at radius 1 is 0.857 bits per heavy atom. The van der Waals surface area contributed by atoms with E-state index < -0.39 is 11.2 Å². The molecule has 0 radical (unpaired) electrons. The van der Waals surface area contributed by atoms with Crippen molar-refractivity contribution in [2.24, 2.45) is 0 Å². The molecule has 0 fully saturated rings. The summed E-state index contributed by atoms with van der Waals surface area (Å²) in [6.45, 7) is 0.196. The number of hydrogen-bond acceptors (Lipinski definition) is 4. The molecule has 0 aromatic heterocycles. The van der Waals surface area contributed by atoms with Crippen molar-refractivity contribution in [2.45, 2.75) is 19.5 Å². The monoisotopic (exact) mass is 287 g/mol. The minimum atomic E-state index is -0.861. The molecule has 21 heavy (non-hydrogen) atoms. The summed E-state index contributed by atoms with van der Waals surface area (Å²) in [7, 11) is 0. The van der Waals surface area contributed by atoms with Crippen molar-refractivity contribution in [1.29, 1.82) is 0 Å². The van der Waals surface area contributed by atoms with Crippen LogP contribution in [0.15, 0.2) is 60.7 Å². The molecular weight excluding hydrogens is 270 g/mol. The zero-order valence-corrected chi connectivity index (χ0v) is 11.6. The predicted octanol–water partition coefficient (Wildman–Crippen LogP) is 3.02. The molecule has 2 rings (SSSR count). The minimum absolute atomic E-state index is 0.286. The van der Waals surface area contributed by atoms with Crippen molar-refractivity contribution in [1.82, 2.24) is 0 Å². The lowest BCUT2D eigenvalue weighted by molar-refractivity contribution is -0.506. The van der Waals surface area contributed by atoms with Gasteiger partial charge in [0.05, 0.1) is 13.2 Å². The fourth-order valence-electron chi connectivity index (χ4n) is 1.80. The highest BCUT2D eigenvalue weighted by Crippen LogP contribution is 2.08. The molecule has 2 aromatic rings. The Morgan fingerprint density at radius 2 is 1.29 bits per heavy atom. The molecule has 0 atom stereocenters. The van der Waals surface area contributed by atoms with Gasteiger partial charge in [0.2, 0.25) is 6.29 Å². The molecule has 5 nitrogen and oxygen atoms in total. The first-order chi connectivity index (χ1) is 10.2. The highest BCUT2D eigenvalue weighted by molar-refractivity contribution is 5.14. The second-order valence-electron chi connectivity index (χ2n) is 4.54. The summed E-state index contributed by atoms with van der Waals surface area (Å²) in [5, 5.41) is 10.7. The van der Waals surface area contributed by atoms with E-state index in [4.69, 9.17) is 9.47 Å². The van der Waals surface area contributed by atoms with E-state index in [0.29, 0.717) is 0 Å². The normalized spacial score (nSPS) is 10.7. The van der Waals surface area contributed by atoms with Crippen LogP contribution in [0.4, 0.5) is 0 Å². The summed E-state index contributed by atoms with van der Waals surface area (Å²) >= 11 is 0. The molecule has 0 heterocycles. The Bertz CT molecular complexity index is 501. The molecule has 0 N–H and O–H groups in total. The molecule has 110 valence electrons. The van der Waals surface area contributed by atoms with E-state index in [1.165, 1.54) is 0 Å². The van der Waals surface area contributed by atoms with Crippen LogP contribution in [0.2, 0.25) is 0 Å². The maximum absolute atomic E-state index is 10.7. The van der Waals surface area contributed by atoms with E-state index in [-0.39, 0.29) is 19.8 Å². The van der Waals surface area contributed by atoms with Gasteiger partial charge in [-0.3, -0.25) is 10.1 Å². The van der Waals surface area contributed by atoms with E-state index in [1.54, 1.807) is 0 Å². The van der Waals surface area contributed by atoms with Gasteiger partial charge in [0.15, 0.2) is 0 Å². The Balaban J connectivity index is 1.87. The summed E-state index contributed by atoms with van der Waals surface area (Å²) in [5.74, 6) is 0. The zero-order valence-electron chi connectivity index (χ0n) is 11.6. The van der Waals surface area contributed by atoms with Crippen molar-refractivity contribution in [3.63, 3.8) is 0 Å². The molecule has 0 bridgehead atoms. The molecule has 5 heteroatoms. The minimum Gasteiger partial charge on any atom is -0.342 e. The van der Waals surface area contributed by atoms with Crippen molar-refractivity contribution in [2.75, 3.05) is 6.54 Å². The van der Waals surface area contributed by atoms with E-state index >= 15 is 0 Å². The quantitative estimate of drug-likeness (QED) is 0.425. The van der Waals surface area contributed by atoms with Crippen LogP contribution >= 0.6 is 0 Å². The Kier molecular flexibility index (Phi) is 5.87. The molecule has 0 aliphatic carbocycles. The molecule has 0 unspecified atom stereocenters. The van der Waals surface area contributed by atoms with Crippen LogP contribution in [0, 0.1) is 10.1 Å². The third-order valence-electron chi connectivity index (χ3n) is 2.86. The zero-order chi connectivity index (χ0) is 14.9. The second kappa shape index (κ2) is 8.14. The van der Waals surface area contributed by atoms with Crippen molar-refractivity contribution in [3.8, 4) is 0 Å². The summed E-state index contributed by atoms with van der Waals surface area (Å²) in [4.78, 5) is 10.2. The van der Waals surface area contributed by atoms with E-state index in [9.17, 15) is 10.1 Å². The number of nitrogens with zero attached hydrogens (tertiary/aromatic N) is 1. The molecule has 0 saturated carbocycles. The number of benzene rings is 2. The lowest BCUT2D eigenvalue weighted by Crippen LogP contribution is -2.26. The van der Waals surface area contributed by atoms with Crippen LogP contribution in [0.3, 0.4) is 0 Å². The topological polar surface area (TPSA) is 61.6 Å². The van der Waals surface area contributed by atoms with Gasteiger partial charge in [-0.25, -0.2) is 0 Å². The van der Waals surface area contributed by atoms with Gasteiger partial charge in [0.1, 0.15) is 0 Å². The van der Waals surface area contributed by atoms with Gasteiger partial charge in [0, 0.05) is 4.92 Å². The number of rotatable bonds is 8. The van der Waals surface area contributed by atoms with Gasteiger partial charge in [-0.15, -0.1) is 0 Å². The summed E-state index contributed by atoms with van der Waals surface area (Å²) in [5.41, 5.74) is 1.91. The van der Waals surface area contributed by atoms with Crippen LogP contribution < -0.4 is 0 Å². The number of hydrogen-bond donors (Lipinski definition) is 0. The van der Waals surface area contributed by atoms with Crippen LogP contribution in [0.25, 0.3) is 0 Å². The maximum Gasteiger partial charge on any atom is 0.254 e. The maximum atomic E-state index is 10.7. The van der Waals surface area contributed by atoms with Crippen molar-refractivity contribution >= 4 is 0 Å². The molecule has 0 spiro atoms. The summed E-state index contributed by atoms with van der Waals surface area (Å²) in [6.07, 6.45) is -0.861. The van der Waals surface area contributed by atoms with Gasteiger partial charge < -0.3 is 9.47 Å². The van der Waals surface area contributed by atoms with Gasteiger partial charge in [-0.05, 0) is 11.1 Å². The fourth-order valence-corrected chi connectivity index (χ4v) is 1.80.